The molecule has 3 nitrogen and oxygen atoms in total. The van der Waals surface area contributed by atoms with Crippen LogP contribution in [0.2, 0.25) is 0 Å². The molecule has 0 spiro atoms. The fourth-order valence-electron chi connectivity index (χ4n) is 1.08. The SMILES string of the molecule is C/C1=N/CCCCC(=O)N1C. The highest BCUT2D eigenvalue weighted by molar-refractivity contribution is 5.96. The molecule has 0 saturated heterocycles. The minimum absolute atomic E-state index is 0.186. The molecule has 3 heteroatoms. The van der Waals surface area contributed by atoms with Gasteiger partial charge >= 0.3 is 0 Å². The number of aliphatic imine (C=N–C) groups is 1. The lowest BCUT2D eigenvalue weighted by Crippen LogP contribution is -2.32. The van der Waals surface area contributed by atoms with Gasteiger partial charge in [0.25, 0.3) is 0 Å². The molecule has 1 aliphatic heterocycles. The summed E-state index contributed by atoms with van der Waals surface area (Å²) < 4.78 is 0. The molecular formula is C8H14N2O. The Morgan fingerprint density at radius 1 is 1.45 bits per heavy atom. The second-order valence-corrected chi connectivity index (χ2v) is 2.84. The zero-order chi connectivity index (χ0) is 8.27. The molecule has 0 bridgehead atoms. The maximum absolute atomic E-state index is 11.2. The fourth-order valence-corrected chi connectivity index (χ4v) is 1.08. The zero-order valence-corrected chi connectivity index (χ0v) is 7.13. The molecule has 0 aliphatic carbocycles. The largest absolute Gasteiger partial charge is 0.304 e. The van der Waals surface area contributed by atoms with E-state index in [-0.39, 0.29) is 5.91 Å². The molecule has 0 aromatic carbocycles. The number of amidine groups is 1. The topological polar surface area (TPSA) is 32.7 Å². The summed E-state index contributed by atoms with van der Waals surface area (Å²) >= 11 is 0. The molecule has 62 valence electrons. The smallest absolute Gasteiger partial charge is 0.227 e. The predicted molar refractivity (Wildman–Crippen MR) is 44.6 cm³/mol. The highest BCUT2D eigenvalue weighted by Gasteiger charge is 2.12. The van der Waals surface area contributed by atoms with Crippen LogP contribution >= 0.6 is 0 Å². The quantitative estimate of drug-likeness (QED) is 0.513. The third-order valence-electron chi connectivity index (χ3n) is 2.00. The average molecular weight is 154 g/mol. The number of carbonyl (C=O) groups excluding carboxylic acids is 1. The maximum Gasteiger partial charge on any atom is 0.227 e. The van der Waals surface area contributed by atoms with Crippen molar-refractivity contribution in [3.8, 4) is 0 Å². The molecule has 1 rings (SSSR count). The first-order valence-corrected chi connectivity index (χ1v) is 3.99. The number of hydrogen-bond donors (Lipinski definition) is 0. The lowest BCUT2D eigenvalue weighted by molar-refractivity contribution is -0.126. The average Bonchev–Trinajstić information content (AvgIpc) is 2.00. The first-order valence-electron chi connectivity index (χ1n) is 3.99. The van der Waals surface area contributed by atoms with Crippen molar-refractivity contribution in [1.29, 1.82) is 0 Å². The van der Waals surface area contributed by atoms with Gasteiger partial charge in [-0.05, 0) is 19.8 Å². The van der Waals surface area contributed by atoms with Crippen molar-refractivity contribution in [3.63, 3.8) is 0 Å². The van der Waals surface area contributed by atoms with Crippen LogP contribution in [0.4, 0.5) is 0 Å². The van der Waals surface area contributed by atoms with E-state index in [1.165, 1.54) is 0 Å². The van der Waals surface area contributed by atoms with Crippen LogP contribution in [0.5, 0.6) is 0 Å². The number of nitrogens with zero attached hydrogens (tertiary/aromatic N) is 2. The van der Waals surface area contributed by atoms with Gasteiger partial charge in [0.1, 0.15) is 5.84 Å². The predicted octanol–water partition coefficient (Wildman–Crippen LogP) is 1.05. The minimum atomic E-state index is 0.186. The van der Waals surface area contributed by atoms with Gasteiger partial charge < -0.3 is 4.90 Å². The Bertz CT molecular complexity index is 187. The summed E-state index contributed by atoms with van der Waals surface area (Å²) in [5, 5.41) is 0. The Morgan fingerprint density at radius 2 is 2.18 bits per heavy atom. The summed E-state index contributed by atoms with van der Waals surface area (Å²) in [6, 6.07) is 0. The Morgan fingerprint density at radius 3 is 2.91 bits per heavy atom. The van der Waals surface area contributed by atoms with Crippen molar-refractivity contribution < 1.29 is 4.79 Å². The molecule has 0 fully saturated rings. The number of carbonyl (C=O) groups is 1. The van der Waals surface area contributed by atoms with Crippen molar-refractivity contribution in [2.75, 3.05) is 13.6 Å². The van der Waals surface area contributed by atoms with E-state index in [1.54, 1.807) is 11.9 Å². The molecule has 0 unspecified atom stereocenters. The second-order valence-electron chi connectivity index (χ2n) is 2.84. The standard InChI is InChI=1S/C8H14N2O/c1-7-9-6-4-3-5-8(11)10(7)2/h3-6H2,1-2H3/b9-7-. The van der Waals surface area contributed by atoms with Crippen molar-refractivity contribution in [2.24, 2.45) is 4.99 Å². The summed E-state index contributed by atoms with van der Waals surface area (Å²) in [5.74, 6) is 1.03. The van der Waals surface area contributed by atoms with Crippen LogP contribution in [0, 0.1) is 0 Å². The van der Waals surface area contributed by atoms with Crippen LogP contribution < -0.4 is 0 Å². The van der Waals surface area contributed by atoms with Crippen LogP contribution in [-0.2, 0) is 4.79 Å². The van der Waals surface area contributed by atoms with Crippen molar-refractivity contribution in [3.05, 3.63) is 0 Å². The van der Waals surface area contributed by atoms with E-state index in [0.29, 0.717) is 6.42 Å². The van der Waals surface area contributed by atoms with Crippen molar-refractivity contribution in [1.82, 2.24) is 4.90 Å². The fraction of sp³-hybridized carbons (Fsp3) is 0.750. The van der Waals surface area contributed by atoms with Crippen LogP contribution in [-0.4, -0.2) is 30.2 Å². The van der Waals surface area contributed by atoms with E-state index in [4.69, 9.17) is 0 Å². The van der Waals surface area contributed by atoms with E-state index in [2.05, 4.69) is 4.99 Å². The van der Waals surface area contributed by atoms with E-state index in [9.17, 15) is 4.79 Å². The van der Waals surface area contributed by atoms with Crippen molar-refractivity contribution >= 4 is 11.7 Å². The van der Waals surface area contributed by atoms with Gasteiger partial charge in [-0.15, -0.1) is 0 Å². The van der Waals surface area contributed by atoms with Gasteiger partial charge in [0.15, 0.2) is 0 Å². The number of rotatable bonds is 0. The van der Waals surface area contributed by atoms with E-state index < -0.39 is 0 Å². The first kappa shape index (κ1) is 8.24. The van der Waals surface area contributed by atoms with Gasteiger partial charge in [0.05, 0.1) is 0 Å². The first-order chi connectivity index (χ1) is 5.22. The summed E-state index contributed by atoms with van der Waals surface area (Å²) in [4.78, 5) is 17.1. The minimum Gasteiger partial charge on any atom is -0.304 e. The van der Waals surface area contributed by atoms with Gasteiger partial charge in [-0.1, -0.05) is 0 Å². The lowest BCUT2D eigenvalue weighted by atomic mass is 10.2. The third-order valence-corrected chi connectivity index (χ3v) is 2.00. The maximum atomic E-state index is 11.2. The summed E-state index contributed by atoms with van der Waals surface area (Å²) in [6.45, 7) is 2.74. The third kappa shape index (κ3) is 2.03. The molecule has 1 aliphatic rings. The molecule has 1 amide bonds. The van der Waals surface area contributed by atoms with Gasteiger partial charge in [-0.3, -0.25) is 9.79 Å². The second kappa shape index (κ2) is 3.51. The summed E-state index contributed by atoms with van der Waals surface area (Å²) in [6.07, 6.45) is 2.68. The van der Waals surface area contributed by atoms with Crippen molar-refractivity contribution in [2.45, 2.75) is 26.2 Å². The summed E-state index contributed by atoms with van der Waals surface area (Å²) in [7, 11) is 1.78. The van der Waals surface area contributed by atoms with Gasteiger partial charge in [0.2, 0.25) is 5.91 Å². The molecule has 11 heavy (non-hydrogen) atoms. The Balaban J connectivity index is 2.68. The van der Waals surface area contributed by atoms with Gasteiger partial charge in [-0.2, -0.15) is 0 Å². The van der Waals surface area contributed by atoms with Gasteiger partial charge in [0, 0.05) is 20.0 Å². The van der Waals surface area contributed by atoms with Crippen LogP contribution in [0.1, 0.15) is 26.2 Å². The molecule has 0 atom stereocenters. The molecule has 0 aromatic rings. The highest BCUT2D eigenvalue weighted by atomic mass is 16.2. The number of amides is 1. The van der Waals surface area contributed by atoms with Crippen LogP contribution in [0.15, 0.2) is 4.99 Å². The molecule has 0 saturated carbocycles. The zero-order valence-electron chi connectivity index (χ0n) is 7.13. The molecule has 0 radical (unpaired) electrons. The van der Waals surface area contributed by atoms with Crippen LogP contribution in [0.25, 0.3) is 0 Å². The molecule has 0 N–H and O–H groups in total. The van der Waals surface area contributed by atoms with E-state index in [1.807, 2.05) is 6.92 Å². The summed E-state index contributed by atoms with van der Waals surface area (Å²) in [5.41, 5.74) is 0. The van der Waals surface area contributed by atoms with E-state index >= 15 is 0 Å². The van der Waals surface area contributed by atoms with Gasteiger partial charge in [-0.25, -0.2) is 0 Å². The molecule has 0 aromatic heterocycles. The molecular weight excluding hydrogens is 140 g/mol. The van der Waals surface area contributed by atoms with E-state index in [0.717, 1.165) is 25.2 Å². The normalized spacial score (nSPS) is 25.5. The monoisotopic (exact) mass is 154 g/mol. The Kier molecular flexibility index (Phi) is 2.63. The highest BCUT2D eigenvalue weighted by Crippen LogP contribution is 2.04. The Labute approximate surface area is 67.1 Å². The molecule has 1 heterocycles. The number of hydrogen-bond acceptors (Lipinski definition) is 2. The van der Waals surface area contributed by atoms with Crippen LogP contribution in [0.3, 0.4) is 0 Å². The Hall–Kier alpha value is -0.860. The lowest BCUT2D eigenvalue weighted by Gasteiger charge is -2.18.